The molecule has 0 saturated heterocycles. The molecular weight excluding hydrogens is 618 g/mol. The largest absolute Gasteiger partial charge is 0.494 e. The van der Waals surface area contributed by atoms with Gasteiger partial charge in [0.2, 0.25) is 5.91 Å². The topological polar surface area (TPSA) is 138 Å². The predicted molar refractivity (Wildman–Crippen MR) is 187 cm³/mol. The van der Waals surface area contributed by atoms with E-state index in [1.165, 1.54) is 0 Å². The maximum atomic E-state index is 12.6. The Hall–Kier alpha value is -5.62. The number of ether oxygens (including phenoxy) is 2. The minimum atomic E-state index is -1.12. The Kier molecular flexibility index (Phi) is 12.4. The van der Waals surface area contributed by atoms with Crippen molar-refractivity contribution in [3.63, 3.8) is 0 Å². The van der Waals surface area contributed by atoms with E-state index < -0.39 is 18.1 Å². The van der Waals surface area contributed by atoms with Crippen LogP contribution in [-0.2, 0) is 14.3 Å². The number of carbonyl (C=O) groups is 3. The number of carbonyl (C=O) groups excluding carboxylic acids is 2. The minimum Gasteiger partial charge on any atom is -0.494 e. The highest BCUT2D eigenvalue weighted by Crippen LogP contribution is 2.44. The zero-order chi connectivity index (χ0) is 34.4. The van der Waals surface area contributed by atoms with Crippen LogP contribution in [0.4, 0.5) is 4.79 Å². The van der Waals surface area contributed by atoms with Crippen LogP contribution >= 0.6 is 0 Å². The van der Waals surface area contributed by atoms with Crippen molar-refractivity contribution in [3.8, 4) is 34.1 Å². The van der Waals surface area contributed by atoms with Crippen molar-refractivity contribution >= 4 is 18.0 Å². The third-order valence-corrected chi connectivity index (χ3v) is 8.69. The summed E-state index contributed by atoms with van der Waals surface area (Å²) < 4.78 is 11.3. The zero-order valence-corrected chi connectivity index (χ0v) is 27.4. The van der Waals surface area contributed by atoms with Crippen LogP contribution in [0.3, 0.4) is 0 Å². The number of carboxylic acid groups (broad SMARTS) is 1. The van der Waals surface area contributed by atoms with Crippen molar-refractivity contribution in [1.29, 1.82) is 5.26 Å². The monoisotopic (exact) mass is 659 g/mol. The van der Waals surface area contributed by atoms with Crippen molar-refractivity contribution in [2.75, 3.05) is 19.8 Å². The molecule has 0 heterocycles. The Labute approximate surface area is 286 Å². The second kappa shape index (κ2) is 17.5. The van der Waals surface area contributed by atoms with Crippen molar-refractivity contribution in [2.24, 2.45) is 0 Å². The van der Waals surface area contributed by atoms with Gasteiger partial charge in [-0.05, 0) is 96.2 Å². The number of alkyl carbamates (subject to hydrolysis) is 1. The molecule has 0 unspecified atom stereocenters. The Morgan fingerprint density at radius 3 is 2.04 bits per heavy atom. The van der Waals surface area contributed by atoms with Crippen molar-refractivity contribution < 1.29 is 29.0 Å². The molecule has 9 nitrogen and oxygen atoms in total. The number of amides is 2. The van der Waals surface area contributed by atoms with E-state index in [2.05, 4.69) is 28.8 Å². The maximum Gasteiger partial charge on any atom is 0.407 e. The van der Waals surface area contributed by atoms with Crippen LogP contribution < -0.4 is 15.4 Å². The molecule has 1 atom stereocenters. The lowest BCUT2D eigenvalue weighted by molar-refractivity contribution is -0.139. The summed E-state index contributed by atoms with van der Waals surface area (Å²) >= 11 is 0. The molecule has 3 N–H and O–H groups in total. The van der Waals surface area contributed by atoms with E-state index in [-0.39, 0.29) is 24.9 Å². The van der Waals surface area contributed by atoms with Gasteiger partial charge < -0.3 is 25.2 Å². The van der Waals surface area contributed by atoms with E-state index in [1.807, 2.05) is 72.8 Å². The summed E-state index contributed by atoms with van der Waals surface area (Å²) in [5.74, 6) is -0.481. The van der Waals surface area contributed by atoms with Crippen LogP contribution in [0.15, 0.2) is 97.1 Å². The smallest absolute Gasteiger partial charge is 0.407 e. The highest BCUT2D eigenvalue weighted by molar-refractivity contribution is 5.81. The first-order valence-corrected chi connectivity index (χ1v) is 16.8. The minimum absolute atomic E-state index is 0.0362. The van der Waals surface area contributed by atoms with Crippen molar-refractivity contribution in [2.45, 2.75) is 56.9 Å². The number of nitriles is 1. The Bertz CT molecular complexity index is 1720. The van der Waals surface area contributed by atoms with E-state index >= 15 is 0 Å². The zero-order valence-electron chi connectivity index (χ0n) is 27.4. The lowest BCUT2D eigenvalue weighted by Crippen LogP contribution is -2.41. The molecule has 9 heteroatoms. The lowest BCUT2D eigenvalue weighted by atomic mass is 9.98. The van der Waals surface area contributed by atoms with Gasteiger partial charge in [0.15, 0.2) is 0 Å². The van der Waals surface area contributed by atoms with Gasteiger partial charge in [0.05, 0.1) is 18.2 Å². The molecule has 0 saturated carbocycles. The molecule has 1 aliphatic carbocycles. The third-order valence-electron chi connectivity index (χ3n) is 8.69. The van der Waals surface area contributed by atoms with Crippen LogP contribution in [0.25, 0.3) is 22.3 Å². The van der Waals surface area contributed by atoms with E-state index in [0.717, 1.165) is 58.4 Å². The van der Waals surface area contributed by atoms with E-state index in [4.69, 9.17) is 14.7 Å². The SMILES string of the molecule is N#Cc1ccc(-c2ccc(OCCCCCC(=O)NCCCC[C@H](NC(=O)OCC3c4ccccc4-c4ccccc43)C(=O)O)cc2)cc1. The number of nitrogens with zero attached hydrogens (tertiary/aromatic N) is 1. The Morgan fingerprint density at radius 1 is 0.776 bits per heavy atom. The first-order chi connectivity index (χ1) is 23.9. The predicted octanol–water partition coefficient (Wildman–Crippen LogP) is 7.44. The van der Waals surface area contributed by atoms with Gasteiger partial charge in [-0.2, -0.15) is 5.26 Å². The first-order valence-electron chi connectivity index (χ1n) is 16.8. The maximum absolute atomic E-state index is 12.6. The van der Waals surface area contributed by atoms with Gasteiger partial charge >= 0.3 is 12.1 Å². The summed E-state index contributed by atoms with van der Waals surface area (Å²) in [7, 11) is 0. The van der Waals surface area contributed by atoms with Gasteiger partial charge in [0, 0.05) is 18.9 Å². The van der Waals surface area contributed by atoms with Crippen molar-refractivity contribution in [3.05, 3.63) is 114 Å². The quantitative estimate of drug-likeness (QED) is 0.100. The normalized spacial score (nSPS) is 12.2. The summed E-state index contributed by atoms with van der Waals surface area (Å²) in [6.07, 6.45) is 3.44. The van der Waals surface area contributed by atoms with Crippen molar-refractivity contribution in [1.82, 2.24) is 10.6 Å². The molecule has 4 aromatic carbocycles. The lowest BCUT2D eigenvalue weighted by Gasteiger charge is -2.17. The van der Waals surface area contributed by atoms with Crippen LogP contribution in [0, 0.1) is 11.3 Å². The van der Waals surface area contributed by atoms with Crippen LogP contribution in [-0.4, -0.2) is 48.9 Å². The summed E-state index contributed by atoms with van der Waals surface area (Å²) in [4.78, 5) is 36.6. The van der Waals surface area contributed by atoms with Gasteiger partial charge in [-0.1, -0.05) is 72.8 Å². The van der Waals surface area contributed by atoms with Gasteiger partial charge in [0.25, 0.3) is 0 Å². The number of rotatable bonds is 17. The molecular formula is C40H41N3O6. The molecule has 0 aromatic heterocycles. The van der Waals surface area contributed by atoms with Crippen LogP contribution in [0.1, 0.15) is 67.6 Å². The fourth-order valence-electron chi connectivity index (χ4n) is 6.06. The second-order valence-electron chi connectivity index (χ2n) is 12.1. The second-order valence-corrected chi connectivity index (χ2v) is 12.1. The van der Waals surface area contributed by atoms with E-state index in [1.54, 1.807) is 12.1 Å². The number of unbranched alkanes of at least 4 members (excludes halogenated alkanes) is 3. The standard InChI is InChI=1S/C40H41N3O6/c41-26-28-16-18-29(19-17-28)30-20-22-31(23-21-30)48-25-9-1-2-15-38(44)42-24-8-7-14-37(39(45)46)43-40(47)49-27-36-34-12-5-3-10-32(34)33-11-4-6-13-35(33)36/h3-6,10-13,16-23,36-37H,1-2,7-9,14-15,24-25,27H2,(H,42,44)(H,43,47)(H,45,46)/t37-/m0/s1. The highest BCUT2D eigenvalue weighted by atomic mass is 16.5. The van der Waals surface area contributed by atoms with E-state index in [9.17, 15) is 19.5 Å². The number of benzene rings is 4. The molecule has 0 fully saturated rings. The third kappa shape index (κ3) is 9.71. The number of fused-ring (bicyclic) bond motifs is 3. The van der Waals surface area contributed by atoms with Crippen LogP contribution in [0.5, 0.6) is 5.75 Å². The molecule has 0 spiro atoms. The molecule has 49 heavy (non-hydrogen) atoms. The number of carboxylic acids is 1. The molecule has 4 aromatic rings. The Morgan fingerprint density at radius 2 is 1.41 bits per heavy atom. The number of hydrogen-bond acceptors (Lipinski definition) is 6. The molecule has 1 aliphatic rings. The Balaban J connectivity index is 0.911. The van der Waals surface area contributed by atoms with Crippen LogP contribution in [0.2, 0.25) is 0 Å². The molecule has 0 radical (unpaired) electrons. The number of nitrogens with one attached hydrogen (secondary N) is 2. The van der Waals surface area contributed by atoms with Gasteiger partial charge in [-0.3, -0.25) is 4.79 Å². The summed E-state index contributed by atoms with van der Waals surface area (Å²) in [5, 5.41) is 24.0. The highest BCUT2D eigenvalue weighted by Gasteiger charge is 2.29. The van der Waals surface area contributed by atoms with Gasteiger partial charge in [0.1, 0.15) is 18.4 Å². The molecule has 0 aliphatic heterocycles. The summed E-state index contributed by atoms with van der Waals surface area (Å²) in [6, 6.07) is 32.4. The fraction of sp³-hybridized carbons (Fsp3) is 0.300. The summed E-state index contributed by atoms with van der Waals surface area (Å²) in [6.45, 7) is 1.12. The number of aliphatic carboxylic acids is 1. The molecule has 0 bridgehead atoms. The number of hydrogen-bond donors (Lipinski definition) is 3. The average Bonchev–Trinajstić information content (AvgIpc) is 3.45. The van der Waals surface area contributed by atoms with E-state index in [0.29, 0.717) is 38.0 Å². The molecule has 2 amide bonds. The first kappa shape index (κ1) is 34.7. The van der Waals surface area contributed by atoms with Gasteiger partial charge in [-0.15, -0.1) is 0 Å². The average molecular weight is 660 g/mol. The molecule has 5 rings (SSSR count). The molecule has 252 valence electrons. The van der Waals surface area contributed by atoms with Gasteiger partial charge in [-0.25, -0.2) is 9.59 Å². The fourth-order valence-corrected chi connectivity index (χ4v) is 6.06. The summed E-state index contributed by atoms with van der Waals surface area (Å²) in [5.41, 5.74) is 7.13.